The summed E-state index contributed by atoms with van der Waals surface area (Å²) in [6.45, 7) is 2.32. The Labute approximate surface area is 157 Å². The van der Waals surface area contributed by atoms with Crippen LogP contribution in [0, 0.1) is 0 Å². The zero-order valence-electron chi connectivity index (χ0n) is 13.1. The third kappa shape index (κ3) is 4.94. The number of amides is 1. The Balaban J connectivity index is 1.53. The van der Waals surface area contributed by atoms with Crippen molar-refractivity contribution in [1.82, 2.24) is 15.2 Å². The fraction of sp³-hybridized carbons (Fsp3) is 0.200. The van der Waals surface area contributed by atoms with Gasteiger partial charge in [0.25, 0.3) is 0 Å². The highest BCUT2D eigenvalue weighted by atomic mass is 35.5. The Morgan fingerprint density at radius 3 is 3.04 bits per heavy atom. The van der Waals surface area contributed by atoms with Crippen molar-refractivity contribution in [2.75, 3.05) is 10.6 Å². The second-order valence-corrected chi connectivity index (χ2v) is 7.82. The van der Waals surface area contributed by atoms with Crippen molar-refractivity contribution in [1.29, 1.82) is 0 Å². The maximum absolute atomic E-state index is 12.3. The summed E-state index contributed by atoms with van der Waals surface area (Å²) in [5.41, 5.74) is 0.486. The predicted octanol–water partition coefficient (Wildman–Crippen LogP) is 3.91. The number of furan rings is 1. The van der Waals surface area contributed by atoms with E-state index in [1.165, 1.54) is 23.1 Å². The number of hydrogen-bond donors (Lipinski definition) is 2. The number of anilines is 2. The molecule has 0 aliphatic carbocycles. The van der Waals surface area contributed by atoms with E-state index in [1.54, 1.807) is 31.5 Å². The van der Waals surface area contributed by atoms with Gasteiger partial charge in [-0.2, -0.15) is 0 Å². The van der Waals surface area contributed by atoms with Crippen LogP contribution in [0.1, 0.15) is 12.7 Å². The number of aromatic nitrogens is 3. The molecule has 0 fully saturated rings. The number of carbonyl (C=O) groups excluding carboxylic acids is 1. The fourth-order valence-corrected chi connectivity index (χ4v) is 3.88. The molecule has 0 radical (unpaired) electrons. The number of carbonyl (C=O) groups is 1. The van der Waals surface area contributed by atoms with Crippen molar-refractivity contribution >= 4 is 51.4 Å². The van der Waals surface area contributed by atoms with E-state index < -0.39 is 0 Å². The first-order valence-corrected chi connectivity index (χ1v) is 9.37. The molecule has 3 rings (SSSR count). The molecule has 0 aliphatic rings. The summed E-state index contributed by atoms with van der Waals surface area (Å²) in [6.07, 6.45) is 3.18. The SMILES string of the molecule is C[C@H](Sc1nnc(NCc2ccco2)s1)C(=O)Nc1cccnc1Cl. The third-order valence-electron chi connectivity index (χ3n) is 3.06. The predicted molar refractivity (Wildman–Crippen MR) is 99.1 cm³/mol. The molecule has 0 aliphatic heterocycles. The molecule has 3 aromatic heterocycles. The van der Waals surface area contributed by atoms with Gasteiger partial charge in [-0.05, 0) is 31.2 Å². The Kier molecular flexibility index (Phi) is 5.90. The Morgan fingerprint density at radius 1 is 1.40 bits per heavy atom. The van der Waals surface area contributed by atoms with Crippen LogP contribution in [-0.2, 0) is 11.3 Å². The van der Waals surface area contributed by atoms with E-state index in [0.717, 1.165) is 5.76 Å². The standard InChI is InChI=1S/C15H14ClN5O2S2/c1-9(13(22)19-11-5-2-6-17-12(11)16)24-15-21-20-14(25-15)18-8-10-4-3-7-23-10/h2-7,9H,8H2,1H3,(H,18,20)(H,19,22)/t9-/m0/s1. The summed E-state index contributed by atoms with van der Waals surface area (Å²) in [4.78, 5) is 16.2. The van der Waals surface area contributed by atoms with Gasteiger partial charge in [0.15, 0.2) is 9.49 Å². The van der Waals surface area contributed by atoms with Crippen LogP contribution in [0.15, 0.2) is 45.5 Å². The molecule has 0 spiro atoms. The van der Waals surface area contributed by atoms with Gasteiger partial charge in [0.05, 0.1) is 23.7 Å². The molecule has 3 aromatic rings. The van der Waals surface area contributed by atoms with E-state index in [1.807, 2.05) is 12.1 Å². The molecule has 0 saturated carbocycles. The minimum atomic E-state index is -0.359. The number of nitrogens with zero attached hydrogens (tertiary/aromatic N) is 3. The number of thioether (sulfide) groups is 1. The molecule has 25 heavy (non-hydrogen) atoms. The van der Waals surface area contributed by atoms with Gasteiger partial charge in [-0.25, -0.2) is 4.98 Å². The number of pyridine rings is 1. The minimum absolute atomic E-state index is 0.180. The maximum Gasteiger partial charge on any atom is 0.237 e. The van der Waals surface area contributed by atoms with Crippen molar-refractivity contribution in [3.63, 3.8) is 0 Å². The van der Waals surface area contributed by atoms with E-state index in [4.69, 9.17) is 16.0 Å². The molecule has 7 nitrogen and oxygen atoms in total. The molecule has 0 bridgehead atoms. The van der Waals surface area contributed by atoms with Gasteiger partial charge in [0, 0.05) is 6.20 Å². The second kappa shape index (κ2) is 8.32. The topological polar surface area (TPSA) is 92.9 Å². The lowest BCUT2D eigenvalue weighted by Crippen LogP contribution is -2.22. The maximum atomic E-state index is 12.3. The quantitative estimate of drug-likeness (QED) is 0.462. The molecular weight excluding hydrogens is 382 g/mol. The summed E-state index contributed by atoms with van der Waals surface area (Å²) in [5.74, 6) is 0.630. The first kappa shape index (κ1) is 17.7. The number of hydrogen-bond acceptors (Lipinski definition) is 8. The van der Waals surface area contributed by atoms with Gasteiger partial charge in [-0.3, -0.25) is 4.79 Å². The van der Waals surface area contributed by atoms with Crippen molar-refractivity contribution in [3.8, 4) is 0 Å². The molecule has 2 N–H and O–H groups in total. The van der Waals surface area contributed by atoms with Crippen molar-refractivity contribution < 1.29 is 9.21 Å². The second-order valence-electron chi connectivity index (χ2n) is 4.90. The highest BCUT2D eigenvalue weighted by Gasteiger charge is 2.18. The van der Waals surface area contributed by atoms with Crippen molar-refractivity contribution in [3.05, 3.63) is 47.6 Å². The zero-order valence-corrected chi connectivity index (χ0v) is 15.5. The lowest BCUT2D eigenvalue weighted by molar-refractivity contribution is -0.115. The molecule has 0 unspecified atom stereocenters. The molecule has 0 aromatic carbocycles. The van der Waals surface area contributed by atoms with Crippen LogP contribution in [-0.4, -0.2) is 26.3 Å². The highest BCUT2D eigenvalue weighted by Crippen LogP contribution is 2.30. The van der Waals surface area contributed by atoms with Gasteiger partial charge in [0.2, 0.25) is 11.0 Å². The molecule has 3 heterocycles. The van der Waals surface area contributed by atoms with Crippen LogP contribution in [0.5, 0.6) is 0 Å². The van der Waals surface area contributed by atoms with Crippen LogP contribution < -0.4 is 10.6 Å². The molecular formula is C15H14ClN5O2S2. The van der Waals surface area contributed by atoms with Crippen LogP contribution >= 0.6 is 34.7 Å². The molecule has 10 heteroatoms. The average molecular weight is 396 g/mol. The number of rotatable bonds is 7. The molecule has 1 amide bonds. The van der Waals surface area contributed by atoms with E-state index >= 15 is 0 Å². The summed E-state index contributed by atoms with van der Waals surface area (Å²) in [5, 5.41) is 14.6. The van der Waals surface area contributed by atoms with Gasteiger partial charge < -0.3 is 15.1 Å². The summed E-state index contributed by atoms with van der Waals surface area (Å²) < 4.78 is 5.94. The highest BCUT2D eigenvalue weighted by molar-refractivity contribution is 8.02. The van der Waals surface area contributed by atoms with E-state index in [-0.39, 0.29) is 16.3 Å². The lowest BCUT2D eigenvalue weighted by Gasteiger charge is -2.10. The van der Waals surface area contributed by atoms with E-state index in [2.05, 4.69) is 25.8 Å². The van der Waals surface area contributed by atoms with Gasteiger partial charge in [-0.15, -0.1) is 10.2 Å². The largest absolute Gasteiger partial charge is 0.467 e. The average Bonchev–Trinajstić information content (AvgIpc) is 3.26. The Bertz CT molecular complexity index is 840. The molecule has 0 saturated heterocycles. The van der Waals surface area contributed by atoms with Crippen LogP contribution in [0.4, 0.5) is 10.8 Å². The van der Waals surface area contributed by atoms with Crippen molar-refractivity contribution in [2.24, 2.45) is 0 Å². The lowest BCUT2D eigenvalue weighted by atomic mass is 10.4. The van der Waals surface area contributed by atoms with Gasteiger partial charge >= 0.3 is 0 Å². The van der Waals surface area contributed by atoms with Gasteiger partial charge in [-0.1, -0.05) is 34.7 Å². The molecule has 130 valence electrons. The normalized spacial score (nSPS) is 11.9. The number of nitrogens with one attached hydrogen (secondary N) is 2. The fourth-order valence-electron chi connectivity index (χ4n) is 1.82. The van der Waals surface area contributed by atoms with Gasteiger partial charge in [0.1, 0.15) is 5.76 Å². The zero-order chi connectivity index (χ0) is 17.6. The third-order valence-corrected chi connectivity index (χ3v) is 5.43. The summed E-state index contributed by atoms with van der Waals surface area (Å²) >= 11 is 8.65. The molecule has 1 atom stereocenters. The van der Waals surface area contributed by atoms with Crippen molar-refractivity contribution in [2.45, 2.75) is 23.1 Å². The summed E-state index contributed by atoms with van der Waals surface area (Å²) in [6, 6.07) is 7.11. The smallest absolute Gasteiger partial charge is 0.237 e. The first-order valence-electron chi connectivity index (χ1n) is 7.29. The first-order chi connectivity index (χ1) is 12.1. The van der Waals surface area contributed by atoms with E-state index in [0.29, 0.717) is 21.7 Å². The van der Waals surface area contributed by atoms with E-state index in [9.17, 15) is 4.79 Å². The van der Waals surface area contributed by atoms with Crippen LogP contribution in [0.3, 0.4) is 0 Å². The Hall–Kier alpha value is -2.10. The monoisotopic (exact) mass is 395 g/mol. The minimum Gasteiger partial charge on any atom is -0.467 e. The number of halogens is 1. The Morgan fingerprint density at radius 2 is 2.28 bits per heavy atom. The summed E-state index contributed by atoms with van der Waals surface area (Å²) in [7, 11) is 0. The van der Waals surface area contributed by atoms with Crippen LogP contribution in [0.25, 0.3) is 0 Å². The van der Waals surface area contributed by atoms with Crippen LogP contribution in [0.2, 0.25) is 5.15 Å².